The van der Waals surface area contributed by atoms with Crippen molar-refractivity contribution in [1.82, 2.24) is 4.98 Å². The highest BCUT2D eigenvalue weighted by Crippen LogP contribution is 2.25. The van der Waals surface area contributed by atoms with Gasteiger partial charge in [0.25, 0.3) is 0 Å². The highest BCUT2D eigenvalue weighted by molar-refractivity contribution is 7.07. The van der Waals surface area contributed by atoms with Gasteiger partial charge >= 0.3 is 4.87 Å². The molecule has 0 aliphatic heterocycles. The number of hydrogen-bond donors (Lipinski definition) is 1. The van der Waals surface area contributed by atoms with Gasteiger partial charge in [0, 0.05) is 10.9 Å². The molecule has 0 atom stereocenters. The molecule has 0 aliphatic rings. The van der Waals surface area contributed by atoms with E-state index in [1.165, 1.54) is 22.5 Å². The largest absolute Gasteiger partial charge is 0.312 e. The maximum Gasteiger partial charge on any atom is 0.304 e. The first-order valence-electron chi connectivity index (χ1n) is 4.43. The zero-order valence-electron chi connectivity index (χ0n) is 8.13. The molecular weight excluding hydrogens is 194 g/mol. The SMILES string of the molecule is Cc1cccc(C)c1-c1csc(=O)[nH]1. The standard InChI is InChI=1S/C11H11NOS/c1-7-4-3-5-8(2)10(7)9-6-14-11(13)12-9/h3-6H,1-2H3,(H,12,13). The van der Waals surface area contributed by atoms with Gasteiger partial charge in [-0.3, -0.25) is 4.79 Å². The Morgan fingerprint density at radius 3 is 2.36 bits per heavy atom. The van der Waals surface area contributed by atoms with E-state index in [-0.39, 0.29) is 4.87 Å². The van der Waals surface area contributed by atoms with E-state index in [1.54, 1.807) is 0 Å². The van der Waals surface area contributed by atoms with Gasteiger partial charge in [-0.1, -0.05) is 29.5 Å². The Labute approximate surface area is 86.2 Å². The van der Waals surface area contributed by atoms with Crippen molar-refractivity contribution in [3.05, 3.63) is 44.4 Å². The average Bonchev–Trinajstić information content (AvgIpc) is 2.51. The van der Waals surface area contributed by atoms with Gasteiger partial charge in [-0.2, -0.15) is 0 Å². The molecule has 3 heteroatoms. The fraction of sp³-hybridized carbons (Fsp3) is 0.182. The highest BCUT2D eigenvalue weighted by Gasteiger charge is 2.06. The summed E-state index contributed by atoms with van der Waals surface area (Å²) in [5.41, 5.74) is 4.46. The summed E-state index contributed by atoms with van der Waals surface area (Å²) < 4.78 is 0. The minimum atomic E-state index is 0.00246. The monoisotopic (exact) mass is 205 g/mol. The van der Waals surface area contributed by atoms with Crippen molar-refractivity contribution in [2.24, 2.45) is 0 Å². The molecule has 0 fully saturated rings. The second-order valence-corrected chi connectivity index (χ2v) is 4.17. The molecule has 0 spiro atoms. The fourth-order valence-corrected chi connectivity index (χ4v) is 2.21. The van der Waals surface area contributed by atoms with E-state index in [2.05, 4.69) is 31.0 Å². The van der Waals surface area contributed by atoms with Crippen LogP contribution in [0.15, 0.2) is 28.4 Å². The maximum atomic E-state index is 11.0. The van der Waals surface area contributed by atoms with Crippen molar-refractivity contribution in [3.63, 3.8) is 0 Å². The van der Waals surface area contributed by atoms with E-state index < -0.39 is 0 Å². The van der Waals surface area contributed by atoms with E-state index in [4.69, 9.17) is 0 Å². The van der Waals surface area contributed by atoms with Crippen LogP contribution in [0.2, 0.25) is 0 Å². The first-order valence-corrected chi connectivity index (χ1v) is 5.31. The summed E-state index contributed by atoms with van der Waals surface area (Å²) in [6.45, 7) is 4.11. The molecular formula is C11H11NOS. The van der Waals surface area contributed by atoms with Crippen LogP contribution in [0.4, 0.5) is 0 Å². The molecule has 0 saturated carbocycles. The molecule has 1 N–H and O–H groups in total. The molecule has 72 valence electrons. The Kier molecular flexibility index (Phi) is 2.25. The Hall–Kier alpha value is -1.35. The van der Waals surface area contributed by atoms with E-state index in [9.17, 15) is 4.79 Å². The van der Waals surface area contributed by atoms with Crippen molar-refractivity contribution in [1.29, 1.82) is 0 Å². The second-order valence-electron chi connectivity index (χ2n) is 3.33. The topological polar surface area (TPSA) is 32.9 Å². The van der Waals surface area contributed by atoms with E-state index >= 15 is 0 Å². The molecule has 2 nitrogen and oxygen atoms in total. The minimum Gasteiger partial charge on any atom is -0.312 e. The summed E-state index contributed by atoms with van der Waals surface area (Å²) in [4.78, 5) is 13.9. The van der Waals surface area contributed by atoms with Gasteiger partial charge in [0.05, 0.1) is 5.69 Å². The van der Waals surface area contributed by atoms with Gasteiger partial charge in [-0.15, -0.1) is 0 Å². The molecule has 0 amide bonds. The summed E-state index contributed by atoms with van der Waals surface area (Å²) in [7, 11) is 0. The lowest BCUT2D eigenvalue weighted by Crippen LogP contribution is -1.94. The van der Waals surface area contributed by atoms with Gasteiger partial charge in [-0.25, -0.2) is 0 Å². The lowest BCUT2D eigenvalue weighted by atomic mass is 10.0. The van der Waals surface area contributed by atoms with Crippen molar-refractivity contribution in [2.45, 2.75) is 13.8 Å². The molecule has 0 saturated heterocycles. The summed E-state index contributed by atoms with van der Waals surface area (Å²) >= 11 is 1.21. The number of thiazole rings is 1. The van der Waals surface area contributed by atoms with Gasteiger partial charge in [0.2, 0.25) is 0 Å². The van der Waals surface area contributed by atoms with Crippen LogP contribution in [0.1, 0.15) is 11.1 Å². The lowest BCUT2D eigenvalue weighted by molar-refractivity contribution is 1.29. The number of aromatic nitrogens is 1. The third-order valence-corrected chi connectivity index (χ3v) is 2.94. The Morgan fingerprint density at radius 1 is 1.21 bits per heavy atom. The van der Waals surface area contributed by atoms with Gasteiger partial charge in [-0.05, 0) is 25.0 Å². The molecule has 2 rings (SSSR count). The number of hydrogen-bond acceptors (Lipinski definition) is 2. The molecule has 1 heterocycles. The van der Waals surface area contributed by atoms with Crippen LogP contribution in [0, 0.1) is 13.8 Å². The fourth-order valence-electron chi connectivity index (χ4n) is 1.64. The predicted molar refractivity (Wildman–Crippen MR) is 59.8 cm³/mol. The van der Waals surface area contributed by atoms with Crippen molar-refractivity contribution < 1.29 is 0 Å². The van der Waals surface area contributed by atoms with Gasteiger partial charge < -0.3 is 4.98 Å². The molecule has 1 aromatic carbocycles. The second kappa shape index (κ2) is 3.42. The Bertz CT molecular complexity index is 490. The summed E-state index contributed by atoms with van der Waals surface area (Å²) in [6, 6.07) is 6.13. The molecule has 0 unspecified atom stereocenters. The van der Waals surface area contributed by atoms with E-state index in [1.807, 2.05) is 11.4 Å². The van der Waals surface area contributed by atoms with Crippen LogP contribution in [-0.4, -0.2) is 4.98 Å². The zero-order valence-corrected chi connectivity index (χ0v) is 8.94. The number of H-pyrrole nitrogens is 1. The molecule has 0 aliphatic carbocycles. The summed E-state index contributed by atoms with van der Waals surface area (Å²) in [6.07, 6.45) is 0. The lowest BCUT2D eigenvalue weighted by Gasteiger charge is -2.06. The number of aromatic amines is 1. The molecule has 0 bridgehead atoms. The van der Waals surface area contributed by atoms with Crippen LogP contribution in [0.5, 0.6) is 0 Å². The van der Waals surface area contributed by atoms with Crippen LogP contribution in [0.25, 0.3) is 11.3 Å². The first-order chi connectivity index (χ1) is 6.68. The smallest absolute Gasteiger partial charge is 0.304 e. The Morgan fingerprint density at radius 2 is 1.86 bits per heavy atom. The maximum absolute atomic E-state index is 11.0. The van der Waals surface area contributed by atoms with Crippen molar-refractivity contribution in [3.8, 4) is 11.3 Å². The Balaban J connectivity index is 2.67. The number of nitrogens with one attached hydrogen (secondary N) is 1. The summed E-state index contributed by atoms with van der Waals surface area (Å²) in [5, 5.41) is 1.87. The quantitative estimate of drug-likeness (QED) is 0.763. The third-order valence-electron chi connectivity index (χ3n) is 2.27. The minimum absolute atomic E-state index is 0.00246. The van der Waals surface area contributed by atoms with Crippen LogP contribution < -0.4 is 4.87 Å². The molecule has 2 aromatic rings. The van der Waals surface area contributed by atoms with E-state index in [0.29, 0.717) is 0 Å². The van der Waals surface area contributed by atoms with Crippen LogP contribution >= 0.6 is 11.3 Å². The van der Waals surface area contributed by atoms with Crippen molar-refractivity contribution >= 4 is 11.3 Å². The van der Waals surface area contributed by atoms with Gasteiger partial charge in [0.15, 0.2) is 0 Å². The van der Waals surface area contributed by atoms with Crippen LogP contribution in [0.3, 0.4) is 0 Å². The normalized spacial score (nSPS) is 10.4. The third kappa shape index (κ3) is 1.51. The molecule has 14 heavy (non-hydrogen) atoms. The zero-order chi connectivity index (χ0) is 10.1. The predicted octanol–water partition coefficient (Wildman–Crippen LogP) is 2.72. The molecule has 0 radical (unpaired) electrons. The van der Waals surface area contributed by atoms with Crippen LogP contribution in [-0.2, 0) is 0 Å². The van der Waals surface area contributed by atoms with Crippen molar-refractivity contribution in [2.75, 3.05) is 0 Å². The van der Waals surface area contributed by atoms with E-state index in [0.717, 1.165) is 11.3 Å². The average molecular weight is 205 g/mol. The highest BCUT2D eigenvalue weighted by atomic mass is 32.1. The number of benzene rings is 1. The van der Waals surface area contributed by atoms with Gasteiger partial charge in [0.1, 0.15) is 0 Å². The number of rotatable bonds is 1. The number of aryl methyl sites for hydroxylation is 2. The first kappa shape index (κ1) is 9.21. The molecule has 1 aromatic heterocycles. The summed E-state index contributed by atoms with van der Waals surface area (Å²) in [5.74, 6) is 0.